The van der Waals surface area contributed by atoms with E-state index in [4.69, 9.17) is 28.9 Å². The van der Waals surface area contributed by atoms with Crippen molar-refractivity contribution in [1.82, 2.24) is 9.62 Å². The molecule has 2 aromatic carbocycles. The number of hydrogen-bond donors (Lipinski definition) is 2. The monoisotopic (exact) mass is 634 g/mol. The zero-order valence-corrected chi connectivity index (χ0v) is 26.4. The van der Waals surface area contributed by atoms with Gasteiger partial charge in [0.2, 0.25) is 5.91 Å². The van der Waals surface area contributed by atoms with Gasteiger partial charge in [-0.25, -0.2) is 8.93 Å². The summed E-state index contributed by atoms with van der Waals surface area (Å²) >= 11 is 12.2. The molecule has 3 rings (SSSR count). The molecule has 1 fully saturated rings. The first kappa shape index (κ1) is 33.6. The van der Waals surface area contributed by atoms with Gasteiger partial charge in [0, 0.05) is 48.0 Å². The van der Waals surface area contributed by atoms with Crippen LogP contribution in [0, 0.1) is 5.92 Å². The molecule has 6 nitrogen and oxygen atoms in total. The van der Waals surface area contributed by atoms with Gasteiger partial charge in [0.15, 0.2) is 0 Å². The van der Waals surface area contributed by atoms with Crippen LogP contribution >= 0.6 is 23.2 Å². The molecule has 12 heteroatoms. The highest BCUT2D eigenvalue weighted by Crippen LogP contribution is 2.38. The molecule has 1 aliphatic rings. The van der Waals surface area contributed by atoms with Crippen LogP contribution in [0.5, 0.6) is 0 Å². The van der Waals surface area contributed by atoms with Crippen LogP contribution in [-0.2, 0) is 28.4 Å². The fourth-order valence-electron chi connectivity index (χ4n) is 4.73. The fourth-order valence-corrected chi connectivity index (χ4v) is 6.05. The number of piperazine rings is 1. The minimum absolute atomic E-state index is 0.136. The maximum Gasteiger partial charge on any atom is 0.416 e. The van der Waals surface area contributed by atoms with Crippen molar-refractivity contribution >= 4 is 45.8 Å². The van der Waals surface area contributed by atoms with E-state index in [0.717, 1.165) is 11.6 Å². The number of rotatable bonds is 9. The summed E-state index contributed by atoms with van der Waals surface area (Å²) in [5.41, 5.74) is 7.28. The Labute approximate surface area is 253 Å². The van der Waals surface area contributed by atoms with Crippen molar-refractivity contribution in [3.8, 4) is 0 Å². The van der Waals surface area contributed by atoms with Crippen LogP contribution in [0.3, 0.4) is 0 Å². The highest BCUT2D eigenvalue weighted by Gasteiger charge is 2.35. The van der Waals surface area contributed by atoms with Crippen LogP contribution in [0.1, 0.15) is 63.8 Å². The highest BCUT2D eigenvalue weighted by atomic mass is 35.5. The van der Waals surface area contributed by atoms with E-state index >= 15 is 0 Å². The molecule has 3 atom stereocenters. The Morgan fingerprint density at radius 2 is 1.68 bits per heavy atom. The molecule has 0 aliphatic carbocycles. The van der Waals surface area contributed by atoms with E-state index in [1.54, 1.807) is 23.1 Å². The number of halogens is 5. The number of nitrogens with two attached hydrogens (primary N) is 1. The van der Waals surface area contributed by atoms with Crippen LogP contribution in [-0.4, -0.2) is 52.0 Å². The van der Waals surface area contributed by atoms with Gasteiger partial charge in [-0.3, -0.25) is 4.79 Å². The summed E-state index contributed by atoms with van der Waals surface area (Å²) < 4.78 is 56.9. The van der Waals surface area contributed by atoms with Gasteiger partial charge in [-0.1, -0.05) is 43.1 Å². The average Bonchev–Trinajstić information content (AvgIpc) is 2.87. The second kappa shape index (κ2) is 13.6. The molecular formula is C29H39Cl2F3N4O2S. The van der Waals surface area contributed by atoms with E-state index in [9.17, 15) is 22.2 Å². The molecule has 1 heterocycles. The summed E-state index contributed by atoms with van der Waals surface area (Å²) in [6.07, 6.45) is -3.77. The SMILES string of the molecule is CC(C)C[C@H](NS(=O)C(C)(C)C)c1cc(C(F)(F)F)ccc1N1CCN(C(=O)[C@H](N)Cc2ccc(Cl)cc2Cl)CC1. The lowest BCUT2D eigenvalue weighted by atomic mass is 9.94. The van der Waals surface area contributed by atoms with Gasteiger partial charge in [-0.15, -0.1) is 0 Å². The van der Waals surface area contributed by atoms with Gasteiger partial charge in [0.25, 0.3) is 0 Å². The molecule has 41 heavy (non-hydrogen) atoms. The Morgan fingerprint density at radius 3 is 2.22 bits per heavy atom. The van der Waals surface area contributed by atoms with Crippen molar-refractivity contribution in [2.24, 2.45) is 11.7 Å². The topological polar surface area (TPSA) is 78.7 Å². The molecule has 1 unspecified atom stereocenters. The number of alkyl halides is 3. The van der Waals surface area contributed by atoms with E-state index in [1.165, 1.54) is 12.1 Å². The Morgan fingerprint density at radius 1 is 1.05 bits per heavy atom. The van der Waals surface area contributed by atoms with Gasteiger partial charge in [-0.05, 0) is 81.0 Å². The maximum absolute atomic E-state index is 13.8. The Hall–Kier alpha value is -1.85. The van der Waals surface area contributed by atoms with E-state index in [-0.39, 0.29) is 18.2 Å². The molecule has 0 aromatic heterocycles. The minimum Gasteiger partial charge on any atom is -0.368 e. The van der Waals surface area contributed by atoms with Crippen molar-refractivity contribution in [3.63, 3.8) is 0 Å². The molecule has 1 saturated heterocycles. The number of nitrogens with zero attached hydrogens (tertiary/aromatic N) is 2. The second-order valence-corrected chi connectivity index (χ2v) is 14.7. The Balaban J connectivity index is 1.82. The minimum atomic E-state index is -4.52. The van der Waals surface area contributed by atoms with E-state index in [1.807, 2.05) is 39.5 Å². The second-order valence-electron chi connectivity index (χ2n) is 11.8. The van der Waals surface area contributed by atoms with Crippen molar-refractivity contribution < 1.29 is 22.2 Å². The largest absolute Gasteiger partial charge is 0.416 e. The zero-order chi connectivity index (χ0) is 30.7. The van der Waals surface area contributed by atoms with Gasteiger partial charge >= 0.3 is 6.18 Å². The number of amides is 1. The van der Waals surface area contributed by atoms with Gasteiger partial charge < -0.3 is 15.5 Å². The van der Waals surface area contributed by atoms with Crippen LogP contribution < -0.4 is 15.4 Å². The number of nitrogens with one attached hydrogen (secondary N) is 1. The number of anilines is 1. The third-order valence-electron chi connectivity index (χ3n) is 6.95. The lowest BCUT2D eigenvalue weighted by Gasteiger charge is -2.39. The average molecular weight is 636 g/mol. The summed E-state index contributed by atoms with van der Waals surface area (Å²) in [4.78, 5) is 16.8. The summed E-state index contributed by atoms with van der Waals surface area (Å²) in [6.45, 7) is 10.9. The van der Waals surface area contributed by atoms with E-state index in [0.29, 0.717) is 53.9 Å². The van der Waals surface area contributed by atoms with E-state index in [2.05, 4.69) is 4.72 Å². The third-order valence-corrected chi connectivity index (χ3v) is 9.14. The standard InChI is InChI=1S/C29H39Cl2F3N4O2S/c1-18(2)14-25(36-41(40)28(3,4)5)22-16-20(29(32,33)34)7-9-26(22)37-10-12-38(13-11-37)27(39)24(35)15-19-6-8-21(30)17-23(19)31/h6-9,16-18,24-25,36H,10-15,35H2,1-5H3/t24-,25+,41?/m1/s1. The number of hydrogen-bond acceptors (Lipinski definition) is 4. The van der Waals surface area contributed by atoms with Crippen LogP contribution in [0.4, 0.5) is 18.9 Å². The van der Waals surface area contributed by atoms with Gasteiger partial charge in [-0.2, -0.15) is 13.2 Å². The fraction of sp³-hybridized carbons (Fsp3) is 0.552. The van der Waals surface area contributed by atoms with Crippen LogP contribution in [0.25, 0.3) is 0 Å². The highest BCUT2D eigenvalue weighted by molar-refractivity contribution is 7.84. The van der Waals surface area contributed by atoms with E-state index < -0.39 is 39.6 Å². The first-order valence-corrected chi connectivity index (χ1v) is 15.5. The predicted molar refractivity (Wildman–Crippen MR) is 162 cm³/mol. The van der Waals surface area contributed by atoms with Crippen molar-refractivity contribution in [2.75, 3.05) is 31.1 Å². The van der Waals surface area contributed by atoms with Crippen molar-refractivity contribution in [3.05, 3.63) is 63.1 Å². The number of carbonyl (C=O) groups is 1. The molecule has 1 aliphatic heterocycles. The van der Waals surface area contributed by atoms with Gasteiger partial charge in [0.05, 0.1) is 27.3 Å². The summed E-state index contributed by atoms with van der Waals surface area (Å²) in [6, 6.07) is 7.41. The summed E-state index contributed by atoms with van der Waals surface area (Å²) in [7, 11) is -1.50. The lowest BCUT2D eigenvalue weighted by molar-refractivity contribution is -0.137. The lowest BCUT2D eigenvalue weighted by Crippen LogP contribution is -2.54. The molecule has 2 aromatic rings. The van der Waals surface area contributed by atoms with Crippen molar-refractivity contribution in [2.45, 2.75) is 70.5 Å². The molecule has 0 spiro atoms. The normalized spacial score (nSPS) is 17.1. The summed E-state index contributed by atoms with van der Waals surface area (Å²) in [5, 5.41) is 0.935. The summed E-state index contributed by atoms with van der Waals surface area (Å²) in [5.74, 6) is -0.0832. The van der Waals surface area contributed by atoms with Crippen LogP contribution in [0.2, 0.25) is 10.0 Å². The Kier molecular flexibility index (Phi) is 11.2. The van der Waals surface area contributed by atoms with Crippen LogP contribution in [0.15, 0.2) is 36.4 Å². The first-order valence-electron chi connectivity index (χ1n) is 13.6. The quantitative estimate of drug-likeness (QED) is 0.336. The zero-order valence-electron chi connectivity index (χ0n) is 24.0. The number of carbonyl (C=O) groups excluding carboxylic acids is 1. The molecule has 228 valence electrons. The number of benzene rings is 2. The molecule has 3 N–H and O–H groups in total. The third kappa shape index (κ3) is 9.07. The molecule has 0 radical (unpaired) electrons. The van der Waals surface area contributed by atoms with Gasteiger partial charge in [0.1, 0.15) is 0 Å². The smallest absolute Gasteiger partial charge is 0.368 e. The molecular weight excluding hydrogens is 596 g/mol. The van der Waals surface area contributed by atoms with Crippen molar-refractivity contribution in [1.29, 1.82) is 0 Å². The first-order chi connectivity index (χ1) is 19.0. The molecule has 1 amide bonds. The maximum atomic E-state index is 13.8. The predicted octanol–water partition coefficient (Wildman–Crippen LogP) is 6.37. The Bertz CT molecular complexity index is 1250. The molecule has 0 saturated carbocycles. The molecule has 0 bridgehead atoms.